The Balaban J connectivity index is 0.000000186. The van der Waals surface area contributed by atoms with Gasteiger partial charge in [-0.05, 0) is 74.9 Å². The number of hydrogen-bond donors (Lipinski definition) is 0. The molecule has 0 radical (unpaired) electrons. The van der Waals surface area contributed by atoms with Crippen LogP contribution in [0, 0.1) is 6.92 Å². The topological polar surface area (TPSA) is 42.0 Å². The van der Waals surface area contributed by atoms with Crippen LogP contribution in [0.5, 0.6) is 0 Å². The van der Waals surface area contributed by atoms with Crippen molar-refractivity contribution < 1.29 is 14.3 Å². The lowest BCUT2D eigenvalue weighted by Gasteiger charge is -2.40. The van der Waals surface area contributed by atoms with Crippen LogP contribution >= 0.6 is 11.3 Å². The van der Waals surface area contributed by atoms with Gasteiger partial charge in [-0.15, -0.1) is 11.3 Å². The second-order valence-corrected chi connectivity index (χ2v) is 10.5. The number of Topliss-reactive ketones (excluding diaryl/α,β-unsaturated/α-hetero) is 1. The SMILES string of the molecule is CCCC(=O)c1ccc(N2CCOCC2)cc1.Cc1csc(CC(C)(C)N2CCOCC2)c1. The zero-order chi connectivity index (χ0) is 23.7. The second kappa shape index (κ2) is 12.7. The molecule has 33 heavy (non-hydrogen) atoms. The van der Waals surface area contributed by atoms with Gasteiger partial charge in [0.25, 0.3) is 0 Å². The Morgan fingerprint density at radius 2 is 1.61 bits per heavy atom. The highest BCUT2D eigenvalue weighted by Crippen LogP contribution is 2.25. The smallest absolute Gasteiger partial charge is 0.162 e. The number of hydrogen-bond acceptors (Lipinski definition) is 6. The van der Waals surface area contributed by atoms with Gasteiger partial charge in [0.1, 0.15) is 0 Å². The highest BCUT2D eigenvalue weighted by molar-refractivity contribution is 7.10. The molecule has 3 heterocycles. The lowest BCUT2D eigenvalue weighted by atomic mass is 9.96. The molecular weight excluding hydrogens is 432 g/mol. The summed E-state index contributed by atoms with van der Waals surface area (Å²) in [5, 5.41) is 2.24. The summed E-state index contributed by atoms with van der Waals surface area (Å²) in [6, 6.07) is 10.3. The number of benzene rings is 1. The zero-order valence-electron chi connectivity index (χ0n) is 20.8. The first-order valence-electron chi connectivity index (χ1n) is 12.2. The largest absolute Gasteiger partial charge is 0.379 e. The molecule has 2 fully saturated rings. The number of thiophene rings is 1. The van der Waals surface area contributed by atoms with Crippen LogP contribution in [0.3, 0.4) is 0 Å². The highest BCUT2D eigenvalue weighted by Gasteiger charge is 2.28. The van der Waals surface area contributed by atoms with Crippen molar-refractivity contribution in [2.24, 2.45) is 0 Å². The van der Waals surface area contributed by atoms with Gasteiger partial charge in [-0.25, -0.2) is 0 Å². The molecule has 6 heteroatoms. The Morgan fingerprint density at radius 1 is 1.00 bits per heavy atom. The molecular formula is C27H40N2O3S. The average Bonchev–Trinajstić information content (AvgIpc) is 3.24. The van der Waals surface area contributed by atoms with E-state index in [1.807, 2.05) is 42.5 Å². The molecule has 0 saturated carbocycles. The number of carbonyl (C=O) groups is 1. The molecule has 2 saturated heterocycles. The van der Waals surface area contributed by atoms with E-state index in [1.54, 1.807) is 0 Å². The van der Waals surface area contributed by atoms with E-state index in [0.717, 1.165) is 71.0 Å². The van der Waals surface area contributed by atoms with Gasteiger partial charge in [-0.3, -0.25) is 9.69 Å². The van der Waals surface area contributed by atoms with E-state index in [9.17, 15) is 4.79 Å². The maximum Gasteiger partial charge on any atom is 0.162 e. The fourth-order valence-corrected chi connectivity index (χ4v) is 5.44. The van der Waals surface area contributed by atoms with E-state index >= 15 is 0 Å². The van der Waals surface area contributed by atoms with Gasteiger partial charge < -0.3 is 14.4 Å². The van der Waals surface area contributed by atoms with Crippen molar-refractivity contribution in [3.05, 3.63) is 51.7 Å². The molecule has 1 aromatic heterocycles. The molecule has 0 bridgehead atoms. The lowest BCUT2D eigenvalue weighted by molar-refractivity contribution is -0.00960. The standard InChI is InChI=1S/C14H19NO2.C13H21NOS/c1-2-3-14(16)12-4-6-13(7-5-12)15-8-10-17-11-9-15;1-11-8-12(16-10-11)9-13(2,3)14-4-6-15-7-5-14/h4-7H,2-3,8-11H2,1H3;8,10H,4-7,9H2,1-3H3. The minimum Gasteiger partial charge on any atom is -0.379 e. The predicted octanol–water partition coefficient (Wildman–Crippen LogP) is 5.22. The third-order valence-electron chi connectivity index (χ3n) is 6.30. The summed E-state index contributed by atoms with van der Waals surface area (Å²) < 4.78 is 10.7. The number of aryl methyl sites for hydroxylation is 1. The van der Waals surface area contributed by atoms with Gasteiger partial charge in [0.05, 0.1) is 26.4 Å². The van der Waals surface area contributed by atoms with Crippen molar-refractivity contribution in [2.75, 3.05) is 57.5 Å². The zero-order valence-corrected chi connectivity index (χ0v) is 21.6. The molecule has 2 aliphatic rings. The Kier molecular flexibility index (Phi) is 9.93. The number of anilines is 1. The number of morpholine rings is 2. The third kappa shape index (κ3) is 7.92. The van der Waals surface area contributed by atoms with Crippen LogP contribution in [0.4, 0.5) is 5.69 Å². The molecule has 0 atom stereocenters. The second-order valence-electron chi connectivity index (χ2n) is 9.50. The van der Waals surface area contributed by atoms with E-state index in [4.69, 9.17) is 9.47 Å². The first-order valence-corrected chi connectivity index (χ1v) is 13.1. The monoisotopic (exact) mass is 472 g/mol. The summed E-state index contributed by atoms with van der Waals surface area (Å²) >= 11 is 1.88. The number of carbonyl (C=O) groups excluding carboxylic acids is 1. The Labute approximate surface area is 203 Å². The van der Waals surface area contributed by atoms with Crippen LogP contribution in [0.1, 0.15) is 54.4 Å². The molecule has 0 N–H and O–H groups in total. The summed E-state index contributed by atoms with van der Waals surface area (Å²) in [5.41, 5.74) is 3.64. The fraction of sp³-hybridized carbons (Fsp3) is 0.593. The normalized spacial score (nSPS) is 17.4. The van der Waals surface area contributed by atoms with E-state index in [1.165, 1.54) is 16.1 Å². The molecule has 1 aromatic carbocycles. The van der Waals surface area contributed by atoms with E-state index in [0.29, 0.717) is 6.42 Å². The Hall–Kier alpha value is -1.73. The summed E-state index contributed by atoms with van der Waals surface area (Å²) in [6.45, 7) is 16.2. The predicted molar refractivity (Wildman–Crippen MR) is 138 cm³/mol. The van der Waals surface area contributed by atoms with Crippen molar-refractivity contribution >= 4 is 22.8 Å². The Bertz CT molecular complexity index is 851. The van der Waals surface area contributed by atoms with Crippen molar-refractivity contribution in [3.63, 3.8) is 0 Å². The third-order valence-corrected chi connectivity index (χ3v) is 7.36. The van der Waals surface area contributed by atoms with E-state index in [-0.39, 0.29) is 11.3 Å². The molecule has 0 aliphatic carbocycles. The van der Waals surface area contributed by atoms with Crippen molar-refractivity contribution in [3.8, 4) is 0 Å². The minimum absolute atomic E-state index is 0.237. The van der Waals surface area contributed by atoms with Crippen molar-refractivity contribution in [2.45, 2.75) is 52.5 Å². The molecule has 0 spiro atoms. The highest BCUT2D eigenvalue weighted by atomic mass is 32.1. The maximum absolute atomic E-state index is 11.7. The molecule has 2 aliphatic heterocycles. The summed E-state index contributed by atoms with van der Waals surface area (Å²) in [5.74, 6) is 0.237. The van der Waals surface area contributed by atoms with Crippen LogP contribution in [-0.4, -0.2) is 68.8 Å². The van der Waals surface area contributed by atoms with Crippen LogP contribution in [0.25, 0.3) is 0 Å². The van der Waals surface area contributed by atoms with E-state index in [2.05, 4.69) is 42.0 Å². The molecule has 182 valence electrons. The maximum atomic E-state index is 11.7. The minimum atomic E-state index is 0.237. The summed E-state index contributed by atoms with van der Waals surface area (Å²) in [7, 11) is 0. The van der Waals surface area contributed by atoms with Gasteiger partial charge in [-0.1, -0.05) is 6.92 Å². The summed E-state index contributed by atoms with van der Waals surface area (Å²) in [6.07, 6.45) is 2.69. The van der Waals surface area contributed by atoms with E-state index < -0.39 is 0 Å². The first kappa shape index (κ1) is 25.9. The average molecular weight is 473 g/mol. The molecule has 0 amide bonds. The van der Waals surface area contributed by atoms with Gasteiger partial charge in [-0.2, -0.15) is 0 Å². The van der Waals surface area contributed by atoms with Crippen molar-refractivity contribution in [1.29, 1.82) is 0 Å². The van der Waals surface area contributed by atoms with Crippen LogP contribution in [0.2, 0.25) is 0 Å². The molecule has 2 aromatic rings. The number of rotatable bonds is 7. The van der Waals surface area contributed by atoms with Crippen LogP contribution < -0.4 is 4.90 Å². The van der Waals surface area contributed by atoms with Gasteiger partial charge >= 0.3 is 0 Å². The molecule has 5 nitrogen and oxygen atoms in total. The fourth-order valence-electron chi connectivity index (χ4n) is 4.34. The number of ketones is 1. The van der Waals surface area contributed by atoms with Crippen LogP contribution in [0.15, 0.2) is 35.7 Å². The molecule has 0 unspecified atom stereocenters. The lowest BCUT2D eigenvalue weighted by Crippen LogP contribution is -2.50. The van der Waals surface area contributed by atoms with Gasteiger partial charge in [0.15, 0.2) is 5.78 Å². The number of ether oxygens (including phenoxy) is 2. The van der Waals surface area contributed by atoms with Crippen LogP contribution in [-0.2, 0) is 15.9 Å². The Morgan fingerprint density at radius 3 is 2.15 bits per heavy atom. The quantitative estimate of drug-likeness (QED) is 0.517. The van der Waals surface area contributed by atoms with Crippen molar-refractivity contribution in [1.82, 2.24) is 4.90 Å². The summed E-state index contributed by atoms with van der Waals surface area (Å²) in [4.78, 5) is 18.0. The molecule has 4 rings (SSSR count). The van der Waals surface area contributed by atoms with Gasteiger partial charge in [0.2, 0.25) is 0 Å². The van der Waals surface area contributed by atoms with Gasteiger partial charge in [0, 0.05) is 54.3 Å². The first-order chi connectivity index (χ1) is 15.9. The number of nitrogens with zero attached hydrogens (tertiary/aromatic N) is 2.